The molecular weight excluding hydrogens is 476 g/mol. The summed E-state index contributed by atoms with van der Waals surface area (Å²) in [6, 6.07) is 0. The van der Waals surface area contributed by atoms with Gasteiger partial charge in [-0.3, -0.25) is 4.79 Å². The minimum absolute atomic E-state index is 0.208. The number of unbranched alkanes of at least 4 members (excludes halogenated alkanes) is 2. The van der Waals surface area contributed by atoms with Crippen LogP contribution in [-0.2, 0) is 29.2 Å². The van der Waals surface area contributed by atoms with Crippen LogP contribution >= 0.6 is 0 Å². The van der Waals surface area contributed by atoms with Crippen molar-refractivity contribution in [1.82, 2.24) is 4.90 Å². The molecule has 0 aromatic heterocycles. The fourth-order valence-electron chi connectivity index (χ4n) is 2.24. The maximum Gasteiger partial charge on any atom is 0.466 e. The standard InChI is InChI=1S/C17H25F6NO7S/c1-4-6-9-24(10-7-5-2)14(26)16(17(21,22)23,31-13(25)12(3)18)30-11-8-15(19,20)32(27,28)29/h3-11H2,1-2H3,(H,27,28,29)/p-1. The van der Waals surface area contributed by atoms with Gasteiger partial charge in [0.15, 0.2) is 10.1 Å². The molecule has 0 saturated carbocycles. The first-order valence-electron chi connectivity index (χ1n) is 9.37. The summed E-state index contributed by atoms with van der Waals surface area (Å²) in [6.07, 6.45) is -6.71. The van der Waals surface area contributed by atoms with E-state index in [0.717, 1.165) is 0 Å². The van der Waals surface area contributed by atoms with Crippen molar-refractivity contribution in [1.29, 1.82) is 0 Å². The van der Waals surface area contributed by atoms with Crippen molar-refractivity contribution >= 4 is 22.0 Å². The monoisotopic (exact) mass is 500 g/mol. The minimum atomic E-state index is -6.27. The Morgan fingerprint density at radius 1 is 1.03 bits per heavy atom. The Morgan fingerprint density at radius 2 is 1.50 bits per heavy atom. The summed E-state index contributed by atoms with van der Waals surface area (Å²) >= 11 is 0. The molecule has 0 N–H and O–H groups in total. The van der Waals surface area contributed by atoms with Gasteiger partial charge in [-0.1, -0.05) is 33.3 Å². The van der Waals surface area contributed by atoms with Gasteiger partial charge in [-0.15, -0.1) is 0 Å². The van der Waals surface area contributed by atoms with Crippen LogP contribution in [0.4, 0.5) is 26.3 Å². The summed E-state index contributed by atoms with van der Waals surface area (Å²) in [5, 5.41) is -5.05. The first-order chi connectivity index (χ1) is 14.5. The fourth-order valence-corrected chi connectivity index (χ4v) is 2.57. The normalized spacial score (nSPS) is 14.5. The quantitative estimate of drug-likeness (QED) is 0.118. The number of carbonyl (C=O) groups is 2. The van der Waals surface area contributed by atoms with Gasteiger partial charge < -0.3 is 18.9 Å². The number of halogens is 6. The lowest BCUT2D eigenvalue weighted by Crippen LogP contribution is -2.62. The fraction of sp³-hybridized carbons (Fsp3) is 0.765. The van der Waals surface area contributed by atoms with Crippen molar-refractivity contribution in [3.8, 4) is 0 Å². The highest BCUT2D eigenvalue weighted by atomic mass is 32.2. The molecule has 0 aliphatic heterocycles. The molecule has 0 rings (SSSR count). The van der Waals surface area contributed by atoms with E-state index in [4.69, 9.17) is 0 Å². The molecule has 0 spiro atoms. The minimum Gasteiger partial charge on any atom is -0.743 e. The van der Waals surface area contributed by atoms with Gasteiger partial charge in [0, 0.05) is 19.5 Å². The van der Waals surface area contributed by atoms with Gasteiger partial charge in [0.2, 0.25) is 5.83 Å². The lowest BCUT2D eigenvalue weighted by molar-refractivity contribution is -0.351. The maximum atomic E-state index is 13.9. The van der Waals surface area contributed by atoms with Gasteiger partial charge in [-0.05, 0) is 12.8 Å². The first-order valence-corrected chi connectivity index (χ1v) is 10.8. The van der Waals surface area contributed by atoms with Crippen LogP contribution in [-0.4, -0.2) is 66.7 Å². The zero-order chi connectivity index (χ0) is 25.4. The Bertz CT molecular complexity index is 764. The maximum absolute atomic E-state index is 13.9. The number of alkyl halides is 5. The summed E-state index contributed by atoms with van der Waals surface area (Å²) in [4.78, 5) is 25.0. The van der Waals surface area contributed by atoms with E-state index < -0.39 is 58.1 Å². The Kier molecular flexibility index (Phi) is 11.1. The summed E-state index contributed by atoms with van der Waals surface area (Å²) in [5.41, 5.74) is 0. The largest absolute Gasteiger partial charge is 0.743 e. The van der Waals surface area contributed by atoms with Crippen molar-refractivity contribution in [2.45, 2.75) is 63.2 Å². The van der Waals surface area contributed by atoms with Gasteiger partial charge in [0.1, 0.15) is 0 Å². The Hall–Kier alpha value is -1.87. The predicted octanol–water partition coefficient (Wildman–Crippen LogP) is 3.24. The molecule has 0 bridgehead atoms. The number of carbonyl (C=O) groups excluding carboxylic acids is 2. The summed E-state index contributed by atoms with van der Waals surface area (Å²) in [5.74, 6) is -11.0. The lowest BCUT2D eigenvalue weighted by atomic mass is 10.1. The highest BCUT2D eigenvalue weighted by Gasteiger charge is 2.67. The predicted molar refractivity (Wildman–Crippen MR) is 96.7 cm³/mol. The van der Waals surface area contributed by atoms with Crippen molar-refractivity contribution in [3.05, 3.63) is 12.4 Å². The third-order valence-corrected chi connectivity index (χ3v) is 4.96. The van der Waals surface area contributed by atoms with E-state index in [9.17, 15) is 48.9 Å². The van der Waals surface area contributed by atoms with E-state index in [-0.39, 0.29) is 25.9 Å². The lowest BCUT2D eigenvalue weighted by Gasteiger charge is -2.37. The van der Waals surface area contributed by atoms with E-state index in [1.165, 1.54) is 0 Å². The molecule has 188 valence electrons. The molecule has 0 aromatic carbocycles. The molecular formula is C17H24F6NO7S-. The molecule has 0 radical (unpaired) electrons. The van der Waals surface area contributed by atoms with Gasteiger partial charge in [0.25, 0.3) is 0 Å². The number of esters is 1. The number of ether oxygens (including phenoxy) is 2. The molecule has 0 heterocycles. The summed E-state index contributed by atoms with van der Waals surface area (Å²) in [7, 11) is -6.27. The Labute approximate surface area is 181 Å². The molecule has 1 atom stereocenters. The molecule has 0 aliphatic rings. The Balaban J connectivity index is 6.28. The third kappa shape index (κ3) is 7.92. The molecule has 0 fully saturated rings. The molecule has 1 amide bonds. The van der Waals surface area contributed by atoms with Crippen LogP contribution in [0.25, 0.3) is 0 Å². The topological polar surface area (TPSA) is 113 Å². The van der Waals surface area contributed by atoms with Crippen molar-refractivity contribution < 1.29 is 58.4 Å². The van der Waals surface area contributed by atoms with Crippen molar-refractivity contribution in [2.24, 2.45) is 0 Å². The highest BCUT2D eigenvalue weighted by molar-refractivity contribution is 7.86. The zero-order valence-corrected chi connectivity index (χ0v) is 18.2. The van der Waals surface area contributed by atoms with Crippen LogP contribution < -0.4 is 0 Å². The molecule has 15 heteroatoms. The van der Waals surface area contributed by atoms with Crippen LogP contribution in [0.1, 0.15) is 46.0 Å². The van der Waals surface area contributed by atoms with E-state index in [0.29, 0.717) is 17.7 Å². The van der Waals surface area contributed by atoms with E-state index >= 15 is 0 Å². The zero-order valence-electron chi connectivity index (χ0n) is 17.3. The number of nitrogens with zero attached hydrogens (tertiary/aromatic N) is 1. The average molecular weight is 500 g/mol. The van der Waals surface area contributed by atoms with Gasteiger partial charge >= 0.3 is 29.1 Å². The average Bonchev–Trinajstić information content (AvgIpc) is 2.64. The summed E-state index contributed by atoms with van der Waals surface area (Å²) in [6.45, 7) is 3.37. The van der Waals surface area contributed by atoms with Crippen molar-refractivity contribution in [3.63, 3.8) is 0 Å². The van der Waals surface area contributed by atoms with E-state index in [2.05, 4.69) is 16.1 Å². The Morgan fingerprint density at radius 3 is 1.84 bits per heavy atom. The van der Waals surface area contributed by atoms with Gasteiger partial charge in [-0.2, -0.15) is 26.3 Å². The van der Waals surface area contributed by atoms with Crippen LogP contribution in [0.5, 0.6) is 0 Å². The highest BCUT2D eigenvalue weighted by Crippen LogP contribution is 2.38. The molecule has 32 heavy (non-hydrogen) atoms. The number of hydrogen-bond donors (Lipinski definition) is 0. The molecule has 8 nitrogen and oxygen atoms in total. The molecule has 0 saturated heterocycles. The SMILES string of the molecule is C=C(F)C(=O)OC(OCCC(F)(F)S(=O)(=O)[O-])(C(=O)N(CCCC)CCCC)C(F)(F)F. The molecule has 0 aromatic rings. The third-order valence-electron chi connectivity index (χ3n) is 4.03. The smallest absolute Gasteiger partial charge is 0.466 e. The summed E-state index contributed by atoms with van der Waals surface area (Å²) < 4.78 is 121. The number of amides is 1. The molecule has 0 aliphatic carbocycles. The molecule has 1 unspecified atom stereocenters. The van der Waals surface area contributed by atoms with Crippen LogP contribution in [0.2, 0.25) is 0 Å². The van der Waals surface area contributed by atoms with Crippen LogP contribution in [0.15, 0.2) is 12.4 Å². The van der Waals surface area contributed by atoms with Crippen LogP contribution in [0, 0.1) is 0 Å². The second kappa shape index (κ2) is 11.8. The second-order valence-electron chi connectivity index (χ2n) is 6.60. The number of rotatable bonds is 14. The number of hydrogen-bond acceptors (Lipinski definition) is 7. The van der Waals surface area contributed by atoms with E-state index in [1.807, 2.05) is 0 Å². The van der Waals surface area contributed by atoms with Gasteiger partial charge in [0.05, 0.1) is 6.61 Å². The second-order valence-corrected chi connectivity index (χ2v) is 8.10. The van der Waals surface area contributed by atoms with Crippen LogP contribution in [0.3, 0.4) is 0 Å². The van der Waals surface area contributed by atoms with E-state index in [1.54, 1.807) is 13.8 Å². The van der Waals surface area contributed by atoms with Gasteiger partial charge in [-0.25, -0.2) is 13.2 Å². The first kappa shape index (κ1) is 30.1. The van der Waals surface area contributed by atoms with Crippen molar-refractivity contribution in [2.75, 3.05) is 19.7 Å².